The van der Waals surface area contributed by atoms with Gasteiger partial charge in [-0.3, -0.25) is 4.79 Å². The van der Waals surface area contributed by atoms with Crippen LogP contribution in [0.3, 0.4) is 0 Å². The largest absolute Gasteiger partial charge is 0.380 e. The molecule has 0 aromatic carbocycles. The van der Waals surface area contributed by atoms with Gasteiger partial charge in [0.15, 0.2) is 0 Å². The molecular formula is C10H15ClN4O2. The highest BCUT2D eigenvalue weighted by Crippen LogP contribution is 2.13. The van der Waals surface area contributed by atoms with Gasteiger partial charge in [0.25, 0.3) is 5.91 Å². The summed E-state index contributed by atoms with van der Waals surface area (Å²) in [5.41, 5.74) is 2.73. The monoisotopic (exact) mass is 258 g/mol. The lowest BCUT2D eigenvalue weighted by atomic mass is 10.2. The number of nitrogens with one attached hydrogen (secondary N) is 2. The molecule has 6 nitrogen and oxygen atoms in total. The molecular weight excluding hydrogens is 244 g/mol. The summed E-state index contributed by atoms with van der Waals surface area (Å²) < 4.78 is 5.02. The number of hydrogen-bond acceptors (Lipinski definition) is 5. The van der Waals surface area contributed by atoms with Crippen molar-refractivity contribution < 1.29 is 9.53 Å². The van der Waals surface area contributed by atoms with E-state index in [9.17, 15) is 4.79 Å². The zero-order valence-corrected chi connectivity index (χ0v) is 10.4. The summed E-state index contributed by atoms with van der Waals surface area (Å²) in [7, 11) is 1.58. The Kier molecular flexibility index (Phi) is 5.14. The van der Waals surface area contributed by atoms with Crippen LogP contribution in [0.25, 0.3) is 0 Å². The summed E-state index contributed by atoms with van der Waals surface area (Å²) in [4.78, 5) is 15.6. The van der Waals surface area contributed by atoms with Crippen molar-refractivity contribution in [2.45, 2.75) is 13.0 Å². The quantitative estimate of drug-likeness (QED) is 0.413. The minimum absolute atomic E-state index is 0.0524. The maximum absolute atomic E-state index is 11.8. The molecule has 1 atom stereocenters. The van der Waals surface area contributed by atoms with Gasteiger partial charge >= 0.3 is 0 Å². The van der Waals surface area contributed by atoms with Crippen LogP contribution in [-0.2, 0) is 4.74 Å². The van der Waals surface area contributed by atoms with E-state index in [4.69, 9.17) is 22.2 Å². The van der Waals surface area contributed by atoms with Gasteiger partial charge < -0.3 is 15.5 Å². The molecule has 0 spiro atoms. The van der Waals surface area contributed by atoms with Crippen LogP contribution >= 0.6 is 11.6 Å². The molecule has 94 valence electrons. The number of amides is 1. The number of hydrogen-bond donors (Lipinski definition) is 3. The van der Waals surface area contributed by atoms with Gasteiger partial charge in [0.1, 0.15) is 11.0 Å². The maximum atomic E-state index is 11.8. The van der Waals surface area contributed by atoms with Gasteiger partial charge in [-0.05, 0) is 19.1 Å². The zero-order valence-electron chi connectivity index (χ0n) is 9.66. The first-order valence-corrected chi connectivity index (χ1v) is 5.39. The molecule has 1 heterocycles. The molecule has 7 heteroatoms. The van der Waals surface area contributed by atoms with Gasteiger partial charge in [-0.2, -0.15) is 0 Å². The number of hydrazine groups is 1. The van der Waals surface area contributed by atoms with Crippen LogP contribution in [0.1, 0.15) is 17.3 Å². The molecule has 0 aliphatic rings. The van der Waals surface area contributed by atoms with Crippen LogP contribution < -0.4 is 16.6 Å². The number of nitrogens with two attached hydrogens (primary N) is 1. The second kappa shape index (κ2) is 6.39. The molecule has 0 bridgehead atoms. The van der Waals surface area contributed by atoms with Crippen molar-refractivity contribution in [1.29, 1.82) is 0 Å². The average Bonchev–Trinajstić information content (AvgIpc) is 2.34. The van der Waals surface area contributed by atoms with Crippen molar-refractivity contribution in [2.24, 2.45) is 5.84 Å². The third-order valence-corrected chi connectivity index (χ3v) is 2.35. The average molecular weight is 259 g/mol. The van der Waals surface area contributed by atoms with Gasteiger partial charge in [0.2, 0.25) is 0 Å². The second-order valence-corrected chi connectivity index (χ2v) is 3.85. The van der Waals surface area contributed by atoms with Crippen LogP contribution in [0.4, 0.5) is 5.82 Å². The summed E-state index contributed by atoms with van der Waals surface area (Å²) >= 11 is 5.75. The van der Waals surface area contributed by atoms with Gasteiger partial charge in [0, 0.05) is 19.2 Å². The van der Waals surface area contributed by atoms with Crippen LogP contribution in [0.15, 0.2) is 12.1 Å². The number of ether oxygens (including phenoxy) is 1. The lowest BCUT2D eigenvalue weighted by molar-refractivity contribution is 0.0870. The number of rotatable bonds is 5. The van der Waals surface area contributed by atoms with E-state index in [1.165, 1.54) is 12.1 Å². The first-order valence-electron chi connectivity index (χ1n) is 5.02. The van der Waals surface area contributed by atoms with E-state index in [1.807, 2.05) is 6.92 Å². The summed E-state index contributed by atoms with van der Waals surface area (Å²) in [6, 6.07) is 2.98. The highest BCUT2D eigenvalue weighted by molar-refractivity contribution is 6.29. The Bertz CT molecular complexity index is 400. The SMILES string of the molecule is COC(C)CNC(=O)c1cc(Cl)nc(NN)c1. The molecule has 1 unspecified atom stereocenters. The molecule has 17 heavy (non-hydrogen) atoms. The predicted molar refractivity (Wildman–Crippen MR) is 65.9 cm³/mol. The Hall–Kier alpha value is -1.37. The van der Waals surface area contributed by atoms with Crippen molar-refractivity contribution in [3.63, 3.8) is 0 Å². The summed E-state index contributed by atoms with van der Waals surface area (Å²) in [5, 5.41) is 2.91. The van der Waals surface area contributed by atoms with E-state index in [0.29, 0.717) is 17.9 Å². The summed E-state index contributed by atoms with van der Waals surface area (Å²) in [6.45, 7) is 2.27. The highest BCUT2D eigenvalue weighted by Gasteiger charge is 2.10. The number of halogens is 1. The fourth-order valence-electron chi connectivity index (χ4n) is 1.12. The zero-order chi connectivity index (χ0) is 12.8. The Morgan fingerprint density at radius 2 is 2.35 bits per heavy atom. The first kappa shape index (κ1) is 13.7. The van der Waals surface area contributed by atoms with E-state index in [1.54, 1.807) is 7.11 Å². The van der Waals surface area contributed by atoms with E-state index in [2.05, 4.69) is 15.7 Å². The van der Waals surface area contributed by atoms with E-state index in [0.717, 1.165) is 0 Å². The Morgan fingerprint density at radius 1 is 1.65 bits per heavy atom. The molecule has 0 saturated heterocycles. The standard InChI is InChI=1S/C10H15ClN4O2/c1-6(17-2)5-13-10(16)7-3-8(11)14-9(4-7)15-12/h3-4,6H,5,12H2,1-2H3,(H,13,16)(H,14,15). The molecule has 1 amide bonds. The molecule has 1 rings (SSSR count). The number of nitrogen functional groups attached to an aromatic ring is 1. The van der Waals surface area contributed by atoms with Gasteiger partial charge in [-0.25, -0.2) is 10.8 Å². The van der Waals surface area contributed by atoms with E-state index < -0.39 is 0 Å². The molecule has 4 N–H and O–H groups in total. The van der Waals surface area contributed by atoms with Crippen LogP contribution in [0.2, 0.25) is 5.15 Å². The van der Waals surface area contributed by atoms with Crippen LogP contribution in [0.5, 0.6) is 0 Å². The van der Waals surface area contributed by atoms with Crippen LogP contribution in [-0.4, -0.2) is 30.6 Å². The third-order valence-electron chi connectivity index (χ3n) is 2.16. The van der Waals surface area contributed by atoms with Crippen molar-refractivity contribution in [3.8, 4) is 0 Å². The predicted octanol–water partition coefficient (Wildman–Crippen LogP) is 0.785. The number of anilines is 1. The number of nitrogens with zero attached hydrogens (tertiary/aromatic N) is 1. The molecule has 0 saturated carbocycles. The molecule has 1 aromatic heterocycles. The maximum Gasteiger partial charge on any atom is 0.251 e. The Labute approximate surface area is 104 Å². The number of methoxy groups -OCH3 is 1. The van der Waals surface area contributed by atoms with Gasteiger partial charge in [-0.1, -0.05) is 11.6 Å². The van der Waals surface area contributed by atoms with Crippen molar-refractivity contribution in [1.82, 2.24) is 10.3 Å². The lowest BCUT2D eigenvalue weighted by Gasteiger charge is -2.11. The molecule has 1 aromatic rings. The van der Waals surface area contributed by atoms with Crippen LogP contribution in [0, 0.1) is 0 Å². The van der Waals surface area contributed by atoms with Crippen molar-refractivity contribution >= 4 is 23.3 Å². The van der Waals surface area contributed by atoms with Gasteiger partial charge in [0.05, 0.1) is 6.10 Å². The lowest BCUT2D eigenvalue weighted by Crippen LogP contribution is -2.31. The molecule has 0 fully saturated rings. The minimum Gasteiger partial charge on any atom is -0.380 e. The van der Waals surface area contributed by atoms with Crippen molar-refractivity contribution in [3.05, 3.63) is 22.8 Å². The first-order chi connectivity index (χ1) is 8.06. The number of aromatic nitrogens is 1. The normalized spacial score (nSPS) is 12.0. The molecule has 0 aliphatic carbocycles. The van der Waals surface area contributed by atoms with E-state index >= 15 is 0 Å². The third kappa shape index (κ3) is 4.18. The second-order valence-electron chi connectivity index (χ2n) is 3.46. The topological polar surface area (TPSA) is 89.3 Å². The molecule has 0 radical (unpaired) electrons. The number of carbonyl (C=O) groups is 1. The van der Waals surface area contributed by atoms with Crippen molar-refractivity contribution in [2.75, 3.05) is 19.1 Å². The summed E-state index contributed by atoms with van der Waals surface area (Å²) in [6.07, 6.45) is -0.0524. The highest BCUT2D eigenvalue weighted by atomic mass is 35.5. The fraction of sp³-hybridized carbons (Fsp3) is 0.400. The van der Waals surface area contributed by atoms with E-state index in [-0.39, 0.29) is 17.2 Å². The smallest absolute Gasteiger partial charge is 0.251 e. The minimum atomic E-state index is -0.255. The Morgan fingerprint density at radius 3 is 2.94 bits per heavy atom. The Balaban J connectivity index is 2.71. The number of carbonyl (C=O) groups excluding carboxylic acids is 1. The fourth-order valence-corrected chi connectivity index (χ4v) is 1.33. The van der Waals surface area contributed by atoms with Gasteiger partial charge in [-0.15, -0.1) is 0 Å². The summed E-state index contributed by atoms with van der Waals surface area (Å²) in [5.74, 6) is 5.29. The number of pyridine rings is 1. The molecule has 0 aliphatic heterocycles.